The van der Waals surface area contributed by atoms with Crippen LogP contribution in [0, 0.1) is 20.8 Å². The van der Waals surface area contributed by atoms with Crippen molar-refractivity contribution in [3.8, 4) is 11.3 Å². The van der Waals surface area contributed by atoms with Crippen molar-refractivity contribution in [3.63, 3.8) is 0 Å². The summed E-state index contributed by atoms with van der Waals surface area (Å²) in [6.45, 7) is 8.79. The molecule has 106 valence electrons. The van der Waals surface area contributed by atoms with E-state index >= 15 is 0 Å². The van der Waals surface area contributed by atoms with E-state index in [-0.39, 0.29) is 0 Å². The van der Waals surface area contributed by atoms with Gasteiger partial charge in [-0.1, -0.05) is 17.7 Å². The second-order valence-electron chi connectivity index (χ2n) is 5.80. The lowest BCUT2D eigenvalue weighted by Gasteiger charge is -2.20. The highest BCUT2D eigenvalue weighted by atomic mass is 32.1. The van der Waals surface area contributed by atoms with Gasteiger partial charge in [0.25, 0.3) is 0 Å². The summed E-state index contributed by atoms with van der Waals surface area (Å²) < 4.78 is 0. The van der Waals surface area contributed by atoms with Gasteiger partial charge in [0.15, 0.2) is 0 Å². The fourth-order valence-corrected chi connectivity index (χ4v) is 4.01. The minimum atomic E-state index is 0.652. The fraction of sp³-hybridized carbons (Fsp3) is 0.471. The summed E-state index contributed by atoms with van der Waals surface area (Å²) in [5.41, 5.74) is 5.13. The maximum atomic E-state index is 5.00. The van der Waals surface area contributed by atoms with Crippen LogP contribution in [-0.2, 0) is 0 Å². The third kappa shape index (κ3) is 2.65. The van der Waals surface area contributed by atoms with E-state index in [0.717, 1.165) is 13.1 Å². The number of benzene rings is 1. The molecular weight excluding hydrogens is 264 g/mol. The molecule has 0 saturated carbocycles. The van der Waals surface area contributed by atoms with Crippen LogP contribution in [0.5, 0.6) is 0 Å². The highest BCUT2D eigenvalue weighted by Crippen LogP contribution is 2.35. The Morgan fingerprint density at radius 1 is 1.15 bits per heavy atom. The molecule has 0 radical (unpaired) electrons. The molecule has 2 aromatic rings. The summed E-state index contributed by atoms with van der Waals surface area (Å²) in [4.78, 5) is 6.35. The van der Waals surface area contributed by atoms with Gasteiger partial charge in [-0.15, -0.1) is 11.3 Å². The molecule has 1 fully saturated rings. The Morgan fingerprint density at radius 2 is 1.90 bits per heavy atom. The van der Waals surface area contributed by atoms with Gasteiger partial charge in [-0.05, 0) is 58.3 Å². The van der Waals surface area contributed by atoms with Gasteiger partial charge in [-0.25, -0.2) is 4.98 Å². The lowest BCUT2D eigenvalue weighted by atomic mass is 9.98. The van der Waals surface area contributed by atoms with Crippen molar-refractivity contribution in [3.05, 3.63) is 39.2 Å². The number of rotatable bonds is 2. The molecule has 0 unspecified atom stereocenters. The average molecular weight is 286 g/mol. The van der Waals surface area contributed by atoms with Gasteiger partial charge in [0.05, 0.1) is 10.7 Å². The molecule has 0 spiro atoms. The first-order chi connectivity index (χ1) is 9.65. The van der Waals surface area contributed by atoms with E-state index in [0.29, 0.717) is 5.92 Å². The smallest absolute Gasteiger partial charge is 0.0967 e. The van der Waals surface area contributed by atoms with Crippen LogP contribution in [0.3, 0.4) is 0 Å². The van der Waals surface area contributed by atoms with Crippen LogP contribution in [0.1, 0.15) is 39.8 Å². The van der Waals surface area contributed by atoms with Crippen LogP contribution in [0.2, 0.25) is 0 Å². The zero-order valence-electron chi connectivity index (χ0n) is 12.5. The zero-order chi connectivity index (χ0) is 14.1. The zero-order valence-corrected chi connectivity index (χ0v) is 13.3. The Bertz CT molecular complexity index is 609. The van der Waals surface area contributed by atoms with E-state index in [1.165, 1.54) is 45.1 Å². The molecule has 0 amide bonds. The molecule has 1 aliphatic heterocycles. The third-order valence-corrected chi connectivity index (χ3v) is 5.28. The quantitative estimate of drug-likeness (QED) is 0.895. The number of nitrogens with zero attached hydrogens (tertiary/aromatic N) is 1. The first kappa shape index (κ1) is 13.8. The van der Waals surface area contributed by atoms with Crippen LogP contribution in [0.15, 0.2) is 18.2 Å². The van der Waals surface area contributed by atoms with E-state index < -0.39 is 0 Å². The molecule has 0 bridgehead atoms. The molecule has 3 heteroatoms. The normalized spacial score (nSPS) is 16.6. The average Bonchev–Trinajstić information content (AvgIpc) is 2.84. The second kappa shape index (κ2) is 5.66. The van der Waals surface area contributed by atoms with Crippen molar-refractivity contribution in [2.45, 2.75) is 39.5 Å². The van der Waals surface area contributed by atoms with Crippen LogP contribution in [0.4, 0.5) is 0 Å². The predicted molar refractivity (Wildman–Crippen MR) is 86.6 cm³/mol. The van der Waals surface area contributed by atoms with E-state index in [1.54, 1.807) is 0 Å². The van der Waals surface area contributed by atoms with E-state index in [4.69, 9.17) is 4.98 Å². The third-order valence-electron chi connectivity index (χ3n) is 4.15. The van der Waals surface area contributed by atoms with Crippen molar-refractivity contribution in [1.82, 2.24) is 10.3 Å². The number of hydrogen-bond acceptors (Lipinski definition) is 3. The van der Waals surface area contributed by atoms with Crippen molar-refractivity contribution in [2.24, 2.45) is 0 Å². The van der Waals surface area contributed by atoms with Crippen LogP contribution >= 0.6 is 11.3 Å². The summed E-state index contributed by atoms with van der Waals surface area (Å²) in [7, 11) is 0. The molecule has 2 heterocycles. The Morgan fingerprint density at radius 3 is 2.65 bits per heavy atom. The highest BCUT2D eigenvalue weighted by molar-refractivity contribution is 7.12. The van der Waals surface area contributed by atoms with Gasteiger partial charge in [0, 0.05) is 16.4 Å². The number of aromatic nitrogens is 1. The maximum absolute atomic E-state index is 5.00. The number of aryl methyl sites for hydroxylation is 3. The Labute approximate surface area is 125 Å². The standard InChI is InChI=1S/C17H22N2S/c1-11-4-5-12(2)15(10-11)16-13(3)20-17(19-16)14-6-8-18-9-7-14/h4-5,10,14,18H,6-9H2,1-3H3. The van der Waals surface area contributed by atoms with E-state index in [1.807, 2.05) is 11.3 Å². The number of piperidine rings is 1. The molecule has 2 nitrogen and oxygen atoms in total. The van der Waals surface area contributed by atoms with Gasteiger partial charge < -0.3 is 5.32 Å². The molecule has 0 atom stereocenters. The van der Waals surface area contributed by atoms with E-state index in [2.05, 4.69) is 44.3 Å². The summed E-state index contributed by atoms with van der Waals surface area (Å²) in [5, 5.41) is 4.76. The van der Waals surface area contributed by atoms with Crippen LogP contribution in [0.25, 0.3) is 11.3 Å². The minimum absolute atomic E-state index is 0.652. The predicted octanol–water partition coefficient (Wildman–Crippen LogP) is 4.20. The first-order valence-corrected chi connectivity index (χ1v) is 8.22. The Hall–Kier alpha value is -1.19. The molecule has 1 N–H and O–H groups in total. The number of thiazole rings is 1. The molecule has 3 rings (SSSR count). The monoisotopic (exact) mass is 286 g/mol. The summed E-state index contributed by atoms with van der Waals surface area (Å²) >= 11 is 1.89. The van der Waals surface area contributed by atoms with Gasteiger partial charge in [0.1, 0.15) is 0 Å². The minimum Gasteiger partial charge on any atom is -0.317 e. The molecule has 1 aromatic heterocycles. The summed E-state index contributed by atoms with van der Waals surface area (Å²) in [6, 6.07) is 6.64. The largest absolute Gasteiger partial charge is 0.317 e. The topological polar surface area (TPSA) is 24.9 Å². The molecule has 1 aliphatic rings. The van der Waals surface area contributed by atoms with Crippen molar-refractivity contribution in [1.29, 1.82) is 0 Å². The van der Waals surface area contributed by atoms with Gasteiger partial charge in [-0.2, -0.15) is 0 Å². The summed E-state index contributed by atoms with van der Waals surface area (Å²) in [5.74, 6) is 0.652. The Balaban J connectivity index is 1.98. The maximum Gasteiger partial charge on any atom is 0.0967 e. The van der Waals surface area contributed by atoms with Crippen molar-refractivity contribution in [2.75, 3.05) is 13.1 Å². The number of hydrogen-bond donors (Lipinski definition) is 1. The molecule has 20 heavy (non-hydrogen) atoms. The Kier molecular flexibility index (Phi) is 3.90. The molecule has 1 aromatic carbocycles. The fourth-order valence-electron chi connectivity index (χ4n) is 2.90. The van der Waals surface area contributed by atoms with Crippen molar-refractivity contribution < 1.29 is 0 Å². The van der Waals surface area contributed by atoms with Crippen molar-refractivity contribution >= 4 is 11.3 Å². The lowest BCUT2D eigenvalue weighted by Crippen LogP contribution is -2.26. The van der Waals surface area contributed by atoms with Gasteiger partial charge in [-0.3, -0.25) is 0 Å². The van der Waals surface area contributed by atoms with Crippen LogP contribution in [-0.4, -0.2) is 18.1 Å². The van der Waals surface area contributed by atoms with Gasteiger partial charge in [0.2, 0.25) is 0 Å². The lowest BCUT2D eigenvalue weighted by molar-refractivity contribution is 0.459. The molecule has 0 aliphatic carbocycles. The second-order valence-corrected chi connectivity index (χ2v) is 7.03. The SMILES string of the molecule is Cc1ccc(C)c(-c2nc(C3CCNCC3)sc2C)c1. The number of nitrogens with one attached hydrogen (secondary N) is 1. The van der Waals surface area contributed by atoms with E-state index in [9.17, 15) is 0 Å². The molecule has 1 saturated heterocycles. The molecular formula is C17H22N2S. The first-order valence-electron chi connectivity index (χ1n) is 7.41. The summed E-state index contributed by atoms with van der Waals surface area (Å²) in [6.07, 6.45) is 2.44. The van der Waals surface area contributed by atoms with Gasteiger partial charge >= 0.3 is 0 Å². The van der Waals surface area contributed by atoms with Crippen LogP contribution < -0.4 is 5.32 Å². The highest BCUT2D eigenvalue weighted by Gasteiger charge is 2.21.